The van der Waals surface area contributed by atoms with Crippen LogP contribution in [0.25, 0.3) is 0 Å². The molecule has 2 rings (SSSR count). The van der Waals surface area contributed by atoms with Crippen LogP contribution in [0.4, 0.5) is 4.79 Å². The predicted octanol–water partition coefficient (Wildman–Crippen LogP) is 0.897. The van der Waals surface area contributed by atoms with Gasteiger partial charge in [-0.25, -0.2) is 4.79 Å². The van der Waals surface area contributed by atoms with Crippen molar-refractivity contribution in [2.75, 3.05) is 13.2 Å². The molecule has 1 unspecified atom stereocenters. The van der Waals surface area contributed by atoms with Crippen molar-refractivity contribution < 1.29 is 14.7 Å². The zero-order valence-corrected chi connectivity index (χ0v) is 10.3. The first-order valence-electron chi connectivity index (χ1n) is 5.38. The summed E-state index contributed by atoms with van der Waals surface area (Å²) >= 11 is 1.44. The zero-order chi connectivity index (χ0) is 12.5. The Balaban J connectivity index is 2.23. The first-order chi connectivity index (χ1) is 8.09. The highest BCUT2D eigenvalue weighted by atomic mass is 32.1. The van der Waals surface area contributed by atoms with Crippen LogP contribution in [-0.2, 0) is 10.3 Å². The predicted molar refractivity (Wildman–Crippen MR) is 63.6 cm³/mol. The number of thiophene rings is 1. The van der Waals surface area contributed by atoms with E-state index in [1.54, 1.807) is 6.92 Å². The number of carbonyl (C=O) groups is 2. The van der Waals surface area contributed by atoms with Crippen LogP contribution < -0.4 is 5.32 Å². The SMILES string of the molecule is CC1(c2cccs2)NC(=O)N(CCCO)C1=O. The lowest BCUT2D eigenvalue weighted by Crippen LogP contribution is -2.40. The Bertz CT molecular complexity index is 432. The summed E-state index contributed by atoms with van der Waals surface area (Å²) in [4.78, 5) is 25.9. The van der Waals surface area contributed by atoms with E-state index in [0.717, 1.165) is 9.78 Å². The maximum atomic E-state index is 12.2. The highest BCUT2D eigenvalue weighted by molar-refractivity contribution is 7.10. The third-order valence-electron chi connectivity index (χ3n) is 2.83. The first kappa shape index (κ1) is 12.1. The molecule has 0 spiro atoms. The first-order valence-corrected chi connectivity index (χ1v) is 6.26. The van der Waals surface area contributed by atoms with E-state index in [2.05, 4.69) is 5.32 Å². The summed E-state index contributed by atoms with van der Waals surface area (Å²) in [6, 6.07) is 3.29. The maximum Gasteiger partial charge on any atom is 0.325 e. The summed E-state index contributed by atoms with van der Waals surface area (Å²) in [6.07, 6.45) is 0.402. The van der Waals surface area contributed by atoms with Gasteiger partial charge in [0.15, 0.2) is 5.54 Å². The van der Waals surface area contributed by atoms with Crippen LogP contribution in [0.5, 0.6) is 0 Å². The molecule has 1 saturated heterocycles. The minimum absolute atomic E-state index is 0.0349. The second-order valence-corrected chi connectivity index (χ2v) is 5.01. The topological polar surface area (TPSA) is 69.6 Å². The number of nitrogens with zero attached hydrogens (tertiary/aromatic N) is 1. The molecule has 0 bridgehead atoms. The van der Waals surface area contributed by atoms with Crippen LogP contribution in [0.3, 0.4) is 0 Å². The molecule has 6 heteroatoms. The lowest BCUT2D eigenvalue weighted by molar-refractivity contribution is -0.131. The molecule has 2 heterocycles. The normalized spacial score (nSPS) is 24.2. The molecule has 17 heavy (non-hydrogen) atoms. The van der Waals surface area contributed by atoms with Crippen molar-refractivity contribution in [3.05, 3.63) is 22.4 Å². The van der Waals surface area contributed by atoms with Crippen LogP contribution in [0.1, 0.15) is 18.2 Å². The number of rotatable bonds is 4. The van der Waals surface area contributed by atoms with E-state index in [0.29, 0.717) is 6.42 Å². The average Bonchev–Trinajstić information content (AvgIpc) is 2.88. The van der Waals surface area contributed by atoms with E-state index in [-0.39, 0.29) is 25.1 Å². The lowest BCUT2D eigenvalue weighted by atomic mass is 10.0. The molecule has 0 radical (unpaired) electrons. The van der Waals surface area contributed by atoms with Gasteiger partial charge < -0.3 is 10.4 Å². The molecule has 1 fully saturated rings. The zero-order valence-electron chi connectivity index (χ0n) is 9.47. The number of aliphatic hydroxyl groups excluding tert-OH is 1. The van der Waals surface area contributed by atoms with E-state index >= 15 is 0 Å². The fourth-order valence-corrected chi connectivity index (χ4v) is 2.69. The second-order valence-electron chi connectivity index (χ2n) is 4.07. The summed E-state index contributed by atoms with van der Waals surface area (Å²) < 4.78 is 0. The van der Waals surface area contributed by atoms with Crippen LogP contribution in [-0.4, -0.2) is 35.1 Å². The Morgan fingerprint density at radius 1 is 1.53 bits per heavy atom. The molecule has 0 saturated carbocycles. The highest BCUT2D eigenvalue weighted by Gasteiger charge is 2.49. The van der Waals surface area contributed by atoms with Crippen molar-refractivity contribution >= 4 is 23.3 Å². The van der Waals surface area contributed by atoms with Gasteiger partial charge in [-0.1, -0.05) is 6.07 Å². The van der Waals surface area contributed by atoms with Crippen molar-refractivity contribution in [2.45, 2.75) is 18.9 Å². The minimum Gasteiger partial charge on any atom is -0.396 e. The van der Waals surface area contributed by atoms with Crippen molar-refractivity contribution in [3.63, 3.8) is 0 Å². The Morgan fingerprint density at radius 3 is 2.88 bits per heavy atom. The molecule has 1 aromatic heterocycles. The van der Waals surface area contributed by atoms with Gasteiger partial charge in [0.2, 0.25) is 0 Å². The fourth-order valence-electron chi connectivity index (χ4n) is 1.86. The number of nitrogens with one attached hydrogen (secondary N) is 1. The smallest absolute Gasteiger partial charge is 0.325 e. The monoisotopic (exact) mass is 254 g/mol. The molecule has 1 atom stereocenters. The van der Waals surface area contributed by atoms with E-state index in [1.807, 2.05) is 17.5 Å². The van der Waals surface area contributed by atoms with Gasteiger partial charge in [-0.15, -0.1) is 11.3 Å². The Morgan fingerprint density at radius 2 is 2.29 bits per heavy atom. The third-order valence-corrected chi connectivity index (χ3v) is 3.92. The van der Waals surface area contributed by atoms with Crippen molar-refractivity contribution in [3.8, 4) is 0 Å². The van der Waals surface area contributed by atoms with E-state index in [1.165, 1.54) is 11.3 Å². The van der Waals surface area contributed by atoms with Gasteiger partial charge in [-0.05, 0) is 24.8 Å². The molecule has 5 nitrogen and oxygen atoms in total. The van der Waals surface area contributed by atoms with Gasteiger partial charge in [0.05, 0.1) is 0 Å². The van der Waals surface area contributed by atoms with Crippen LogP contribution in [0.2, 0.25) is 0 Å². The van der Waals surface area contributed by atoms with Gasteiger partial charge in [0.1, 0.15) is 0 Å². The Hall–Kier alpha value is -1.40. The molecule has 1 aliphatic rings. The van der Waals surface area contributed by atoms with Crippen molar-refractivity contribution in [1.29, 1.82) is 0 Å². The van der Waals surface area contributed by atoms with Crippen molar-refractivity contribution in [2.24, 2.45) is 0 Å². The molecular formula is C11H14N2O3S. The number of urea groups is 1. The third kappa shape index (κ3) is 1.94. The van der Waals surface area contributed by atoms with E-state index in [9.17, 15) is 9.59 Å². The number of carbonyl (C=O) groups excluding carboxylic acids is 2. The number of hydrogen-bond donors (Lipinski definition) is 2. The summed E-state index contributed by atoms with van der Waals surface area (Å²) in [5.41, 5.74) is -0.958. The number of amides is 3. The summed E-state index contributed by atoms with van der Waals surface area (Å²) in [6.45, 7) is 1.92. The van der Waals surface area contributed by atoms with Gasteiger partial charge in [-0.2, -0.15) is 0 Å². The van der Waals surface area contributed by atoms with Crippen LogP contribution in [0, 0.1) is 0 Å². The average molecular weight is 254 g/mol. The van der Waals surface area contributed by atoms with Crippen LogP contribution in [0.15, 0.2) is 17.5 Å². The Kier molecular flexibility index (Phi) is 3.17. The molecule has 2 N–H and O–H groups in total. The molecule has 3 amide bonds. The highest BCUT2D eigenvalue weighted by Crippen LogP contribution is 2.31. The standard InChI is InChI=1S/C11H14N2O3S/c1-11(8-4-2-7-17-8)9(15)13(5-3-6-14)10(16)12-11/h2,4,7,14H,3,5-6H2,1H3,(H,12,16). The summed E-state index contributed by atoms with van der Waals surface area (Å²) in [5.74, 6) is -0.251. The number of aliphatic hydroxyl groups is 1. The molecule has 0 aliphatic carbocycles. The second kappa shape index (κ2) is 4.46. The lowest BCUT2D eigenvalue weighted by Gasteiger charge is -2.19. The molecular weight excluding hydrogens is 240 g/mol. The number of imide groups is 1. The number of hydrogen-bond acceptors (Lipinski definition) is 4. The molecule has 92 valence electrons. The van der Waals surface area contributed by atoms with E-state index in [4.69, 9.17) is 5.11 Å². The molecule has 0 aromatic carbocycles. The van der Waals surface area contributed by atoms with Crippen molar-refractivity contribution in [1.82, 2.24) is 10.2 Å². The largest absolute Gasteiger partial charge is 0.396 e. The maximum absolute atomic E-state index is 12.2. The van der Waals surface area contributed by atoms with E-state index < -0.39 is 5.54 Å². The minimum atomic E-state index is -0.958. The fraction of sp³-hybridized carbons (Fsp3) is 0.455. The van der Waals surface area contributed by atoms with Gasteiger partial charge in [0, 0.05) is 18.0 Å². The van der Waals surface area contributed by atoms with Gasteiger partial charge in [0.25, 0.3) is 5.91 Å². The summed E-state index contributed by atoms with van der Waals surface area (Å²) in [7, 11) is 0. The van der Waals surface area contributed by atoms with Gasteiger partial charge in [-0.3, -0.25) is 9.69 Å². The van der Waals surface area contributed by atoms with Crippen LogP contribution >= 0.6 is 11.3 Å². The Labute approximate surface area is 103 Å². The summed E-state index contributed by atoms with van der Waals surface area (Å²) in [5, 5.41) is 13.3. The molecule has 1 aliphatic heterocycles. The quantitative estimate of drug-likeness (QED) is 0.784. The van der Waals surface area contributed by atoms with Gasteiger partial charge >= 0.3 is 6.03 Å². The molecule has 1 aromatic rings.